The summed E-state index contributed by atoms with van der Waals surface area (Å²) in [6.07, 6.45) is 0. The molecule has 1 aliphatic heterocycles. The molecule has 8 nitrogen and oxygen atoms in total. The van der Waals surface area contributed by atoms with Gasteiger partial charge in [0, 0.05) is 43.5 Å². The number of nitrogens with one attached hydrogen (secondary N) is 1. The van der Waals surface area contributed by atoms with Crippen molar-refractivity contribution < 1.29 is 23.8 Å². The molecule has 3 rings (SSSR count). The van der Waals surface area contributed by atoms with E-state index >= 15 is 0 Å². The minimum Gasteiger partial charge on any atom is -0.497 e. The first-order valence-electron chi connectivity index (χ1n) is 9.72. The van der Waals surface area contributed by atoms with E-state index in [0.717, 1.165) is 24.5 Å². The van der Waals surface area contributed by atoms with Gasteiger partial charge in [0.1, 0.15) is 17.2 Å². The van der Waals surface area contributed by atoms with E-state index in [9.17, 15) is 9.59 Å². The Morgan fingerprint density at radius 2 is 1.40 bits per heavy atom. The molecule has 2 aromatic carbocycles. The molecule has 0 radical (unpaired) electrons. The van der Waals surface area contributed by atoms with E-state index in [1.54, 1.807) is 30.2 Å². The zero-order valence-corrected chi connectivity index (χ0v) is 17.5. The second-order valence-corrected chi connectivity index (χ2v) is 6.85. The van der Waals surface area contributed by atoms with Crippen LogP contribution in [0.25, 0.3) is 0 Å². The minimum atomic E-state index is -0.350. The lowest BCUT2D eigenvalue weighted by Gasteiger charge is -2.36. The fourth-order valence-corrected chi connectivity index (χ4v) is 3.32. The monoisotopic (exact) mass is 413 g/mol. The van der Waals surface area contributed by atoms with Crippen molar-refractivity contribution in [3.8, 4) is 17.2 Å². The first-order valence-corrected chi connectivity index (χ1v) is 9.72. The molecule has 0 aromatic heterocycles. The van der Waals surface area contributed by atoms with Gasteiger partial charge in [-0.1, -0.05) is 0 Å². The normalized spacial score (nSPS) is 13.6. The Morgan fingerprint density at radius 1 is 0.833 bits per heavy atom. The number of ether oxygens (including phenoxy) is 3. The van der Waals surface area contributed by atoms with Gasteiger partial charge in [0.25, 0.3) is 5.91 Å². The van der Waals surface area contributed by atoms with Crippen molar-refractivity contribution in [1.82, 2.24) is 10.2 Å². The van der Waals surface area contributed by atoms with Gasteiger partial charge in [-0.25, -0.2) is 0 Å². The molecular formula is C22H27N3O5. The third kappa shape index (κ3) is 5.14. The number of hydrogen-bond acceptors (Lipinski definition) is 6. The van der Waals surface area contributed by atoms with Gasteiger partial charge in [0.15, 0.2) is 0 Å². The van der Waals surface area contributed by atoms with Crippen molar-refractivity contribution in [3.05, 3.63) is 48.0 Å². The quantitative estimate of drug-likeness (QED) is 0.746. The molecule has 1 saturated heterocycles. The highest BCUT2D eigenvalue weighted by molar-refractivity contribution is 5.97. The molecule has 0 unspecified atom stereocenters. The fourth-order valence-electron chi connectivity index (χ4n) is 3.32. The fraction of sp³-hybridized carbons (Fsp3) is 0.364. The van der Waals surface area contributed by atoms with Crippen molar-refractivity contribution >= 4 is 17.5 Å². The molecule has 160 valence electrons. The van der Waals surface area contributed by atoms with Gasteiger partial charge in [-0.15, -0.1) is 0 Å². The molecule has 2 amide bonds. The molecule has 0 bridgehead atoms. The molecule has 0 aliphatic carbocycles. The highest BCUT2D eigenvalue weighted by Crippen LogP contribution is 2.23. The Kier molecular flexibility index (Phi) is 7.00. The van der Waals surface area contributed by atoms with Crippen LogP contribution in [0.15, 0.2) is 42.5 Å². The largest absolute Gasteiger partial charge is 0.497 e. The molecule has 30 heavy (non-hydrogen) atoms. The van der Waals surface area contributed by atoms with Crippen LogP contribution in [0.3, 0.4) is 0 Å². The van der Waals surface area contributed by atoms with Crippen LogP contribution in [0, 0.1) is 0 Å². The Bertz CT molecular complexity index is 855. The average molecular weight is 413 g/mol. The van der Waals surface area contributed by atoms with E-state index in [0.29, 0.717) is 30.2 Å². The molecule has 1 heterocycles. The van der Waals surface area contributed by atoms with Gasteiger partial charge in [-0.3, -0.25) is 9.59 Å². The predicted octanol–water partition coefficient (Wildman–Crippen LogP) is 1.79. The highest BCUT2D eigenvalue weighted by Gasteiger charge is 2.22. The van der Waals surface area contributed by atoms with E-state index < -0.39 is 0 Å². The van der Waals surface area contributed by atoms with Crippen molar-refractivity contribution in [1.29, 1.82) is 0 Å². The van der Waals surface area contributed by atoms with E-state index in [2.05, 4.69) is 10.2 Å². The Hall–Kier alpha value is -3.42. The van der Waals surface area contributed by atoms with Crippen molar-refractivity contribution in [2.24, 2.45) is 0 Å². The van der Waals surface area contributed by atoms with Gasteiger partial charge >= 0.3 is 0 Å². The first-order chi connectivity index (χ1) is 14.5. The van der Waals surface area contributed by atoms with Crippen LogP contribution >= 0.6 is 0 Å². The van der Waals surface area contributed by atoms with Crippen LogP contribution in [-0.2, 0) is 4.79 Å². The van der Waals surface area contributed by atoms with E-state index in [4.69, 9.17) is 14.2 Å². The SMILES string of the molecule is COc1ccc(N2CCN(C(=O)CNC(=O)c3cc(OC)cc(OC)c3)CC2)cc1. The summed E-state index contributed by atoms with van der Waals surface area (Å²) in [6, 6.07) is 12.8. The van der Waals surface area contributed by atoms with Gasteiger partial charge in [0.05, 0.1) is 27.9 Å². The molecule has 1 aliphatic rings. The Morgan fingerprint density at radius 3 is 1.93 bits per heavy atom. The van der Waals surface area contributed by atoms with E-state index in [1.165, 1.54) is 14.2 Å². The third-order valence-corrected chi connectivity index (χ3v) is 5.08. The summed E-state index contributed by atoms with van der Waals surface area (Å²) < 4.78 is 15.6. The average Bonchev–Trinajstić information content (AvgIpc) is 2.82. The summed E-state index contributed by atoms with van der Waals surface area (Å²) in [5.74, 6) is 1.39. The number of amides is 2. The number of anilines is 1. The lowest BCUT2D eigenvalue weighted by Crippen LogP contribution is -2.51. The van der Waals surface area contributed by atoms with Crippen LogP contribution in [0.1, 0.15) is 10.4 Å². The minimum absolute atomic E-state index is 0.0547. The van der Waals surface area contributed by atoms with Crippen LogP contribution in [0.2, 0.25) is 0 Å². The summed E-state index contributed by atoms with van der Waals surface area (Å²) in [5.41, 5.74) is 1.48. The first kappa shape index (κ1) is 21.3. The van der Waals surface area contributed by atoms with Crippen LogP contribution in [0.4, 0.5) is 5.69 Å². The summed E-state index contributed by atoms with van der Waals surface area (Å²) in [6.45, 7) is 2.63. The number of benzene rings is 2. The topological polar surface area (TPSA) is 80.3 Å². The maximum absolute atomic E-state index is 12.5. The van der Waals surface area contributed by atoms with Gasteiger partial charge in [-0.05, 0) is 36.4 Å². The number of rotatable bonds is 7. The second-order valence-electron chi connectivity index (χ2n) is 6.85. The molecule has 1 N–H and O–H groups in total. The van der Waals surface area contributed by atoms with Crippen molar-refractivity contribution in [2.75, 3.05) is 59.0 Å². The zero-order valence-electron chi connectivity index (χ0n) is 17.5. The number of piperazine rings is 1. The van der Waals surface area contributed by atoms with Crippen LogP contribution < -0.4 is 24.4 Å². The summed E-state index contributed by atoms with van der Waals surface area (Å²) >= 11 is 0. The van der Waals surface area contributed by atoms with Crippen molar-refractivity contribution in [2.45, 2.75) is 0 Å². The lowest BCUT2D eigenvalue weighted by atomic mass is 10.2. The number of carbonyl (C=O) groups is 2. The molecule has 0 atom stereocenters. The molecule has 2 aromatic rings. The molecule has 8 heteroatoms. The number of hydrogen-bond donors (Lipinski definition) is 1. The second kappa shape index (κ2) is 9.87. The maximum atomic E-state index is 12.5. The number of carbonyl (C=O) groups excluding carboxylic acids is 2. The smallest absolute Gasteiger partial charge is 0.251 e. The molecular weight excluding hydrogens is 386 g/mol. The molecule has 0 spiro atoms. The lowest BCUT2D eigenvalue weighted by molar-refractivity contribution is -0.130. The highest BCUT2D eigenvalue weighted by atomic mass is 16.5. The summed E-state index contributed by atoms with van der Waals surface area (Å²) in [7, 11) is 4.68. The van der Waals surface area contributed by atoms with Crippen LogP contribution in [-0.4, -0.2) is 70.8 Å². The standard InChI is InChI=1S/C22H27N3O5/c1-28-18-6-4-17(5-7-18)24-8-10-25(11-9-24)21(26)15-23-22(27)16-12-19(29-2)14-20(13-16)30-3/h4-7,12-14H,8-11,15H2,1-3H3,(H,23,27). The van der Waals surface area contributed by atoms with Gasteiger partial charge in [-0.2, -0.15) is 0 Å². The summed E-state index contributed by atoms with van der Waals surface area (Å²) in [5, 5.41) is 2.69. The van der Waals surface area contributed by atoms with Crippen LogP contribution in [0.5, 0.6) is 17.2 Å². The number of nitrogens with zero attached hydrogens (tertiary/aromatic N) is 2. The van der Waals surface area contributed by atoms with Gasteiger partial charge in [0.2, 0.25) is 5.91 Å². The summed E-state index contributed by atoms with van der Waals surface area (Å²) in [4.78, 5) is 29.0. The Balaban J connectivity index is 1.50. The number of methoxy groups -OCH3 is 3. The van der Waals surface area contributed by atoms with Crippen molar-refractivity contribution in [3.63, 3.8) is 0 Å². The third-order valence-electron chi connectivity index (χ3n) is 5.08. The zero-order chi connectivity index (χ0) is 21.5. The van der Waals surface area contributed by atoms with Gasteiger partial charge < -0.3 is 29.3 Å². The molecule has 1 fully saturated rings. The van der Waals surface area contributed by atoms with E-state index in [1.807, 2.05) is 24.3 Å². The maximum Gasteiger partial charge on any atom is 0.251 e. The predicted molar refractivity (Wildman–Crippen MR) is 114 cm³/mol. The van der Waals surface area contributed by atoms with E-state index in [-0.39, 0.29) is 18.4 Å². The molecule has 0 saturated carbocycles. The Labute approximate surface area is 176 Å².